The summed E-state index contributed by atoms with van der Waals surface area (Å²) in [7, 11) is 0. The first kappa shape index (κ1) is 24.8. The van der Waals surface area contributed by atoms with Gasteiger partial charge in [0, 0.05) is 13.2 Å². The van der Waals surface area contributed by atoms with Crippen molar-refractivity contribution in [2.45, 2.75) is 119 Å². The number of fused-ring (bicyclic) bond motifs is 5. The Morgan fingerprint density at radius 2 is 1.84 bits per heavy atom. The second-order valence-electron chi connectivity index (χ2n) is 13.2. The molecule has 183 valence electrons. The van der Waals surface area contributed by atoms with Crippen molar-refractivity contribution in [3.8, 4) is 0 Å². The van der Waals surface area contributed by atoms with E-state index in [1.807, 2.05) is 5.57 Å². The van der Waals surface area contributed by atoms with E-state index in [4.69, 9.17) is 4.74 Å². The maximum Gasteiger partial charge on any atom is 0.0471 e. The number of ether oxygens (including phenoxy) is 1. The van der Waals surface area contributed by atoms with E-state index in [1.54, 1.807) is 5.92 Å². The van der Waals surface area contributed by atoms with E-state index in [-0.39, 0.29) is 0 Å². The van der Waals surface area contributed by atoms with E-state index in [0.29, 0.717) is 10.8 Å². The van der Waals surface area contributed by atoms with Gasteiger partial charge in [-0.2, -0.15) is 0 Å². The molecule has 0 aromatic heterocycles. The van der Waals surface area contributed by atoms with Crippen LogP contribution in [0.2, 0.25) is 0 Å². The van der Waals surface area contributed by atoms with Gasteiger partial charge in [-0.1, -0.05) is 65.5 Å². The maximum absolute atomic E-state index is 5.67. The molecule has 0 heterocycles. The quantitative estimate of drug-likeness (QED) is 0.256. The minimum Gasteiger partial charge on any atom is -0.382 e. The second-order valence-corrected chi connectivity index (χ2v) is 13.2. The minimum atomic E-state index is 0.486. The highest BCUT2D eigenvalue weighted by Gasteiger charge is 2.59. The summed E-state index contributed by atoms with van der Waals surface area (Å²) in [4.78, 5) is 0. The summed E-state index contributed by atoms with van der Waals surface area (Å²) >= 11 is 0. The van der Waals surface area contributed by atoms with Crippen molar-refractivity contribution >= 4 is 0 Å². The van der Waals surface area contributed by atoms with Gasteiger partial charge >= 0.3 is 0 Å². The third-order valence-electron chi connectivity index (χ3n) is 11.1. The van der Waals surface area contributed by atoms with Crippen LogP contribution in [0.1, 0.15) is 119 Å². The summed E-state index contributed by atoms with van der Waals surface area (Å²) in [5.41, 5.74) is 2.92. The van der Waals surface area contributed by atoms with E-state index < -0.39 is 0 Å². The van der Waals surface area contributed by atoms with Crippen LogP contribution < -0.4 is 0 Å². The van der Waals surface area contributed by atoms with Gasteiger partial charge < -0.3 is 4.74 Å². The van der Waals surface area contributed by atoms with E-state index in [9.17, 15) is 0 Å². The molecular weight excluding hydrogens is 388 g/mol. The summed E-state index contributed by atoms with van der Waals surface area (Å²) in [5.74, 6) is 7.41. The van der Waals surface area contributed by atoms with Gasteiger partial charge in [0.15, 0.2) is 0 Å². The van der Waals surface area contributed by atoms with Gasteiger partial charge in [-0.05, 0) is 117 Å². The van der Waals surface area contributed by atoms with Crippen LogP contribution in [-0.4, -0.2) is 13.2 Å². The van der Waals surface area contributed by atoms with Crippen LogP contribution in [0.4, 0.5) is 0 Å². The molecule has 32 heavy (non-hydrogen) atoms. The molecular formula is C31H53O. The van der Waals surface area contributed by atoms with Crippen molar-refractivity contribution in [3.05, 3.63) is 17.6 Å². The summed E-state index contributed by atoms with van der Waals surface area (Å²) in [6.07, 6.45) is 19.7. The van der Waals surface area contributed by atoms with Crippen LogP contribution >= 0.6 is 0 Å². The van der Waals surface area contributed by atoms with E-state index in [1.165, 1.54) is 77.0 Å². The number of hydrogen-bond donors (Lipinski definition) is 0. The monoisotopic (exact) mass is 441 g/mol. The zero-order chi connectivity index (χ0) is 22.9. The topological polar surface area (TPSA) is 9.23 Å². The zero-order valence-electron chi connectivity index (χ0n) is 22.3. The third kappa shape index (κ3) is 4.63. The van der Waals surface area contributed by atoms with E-state index in [2.05, 4.69) is 47.6 Å². The Morgan fingerprint density at radius 3 is 2.59 bits per heavy atom. The molecule has 4 rings (SSSR count). The van der Waals surface area contributed by atoms with Gasteiger partial charge in [0.1, 0.15) is 0 Å². The molecule has 7 atom stereocenters. The molecule has 3 fully saturated rings. The Balaban J connectivity index is 1.42. The normalized spacial score (nSPS) is 40.5. The van der Waals surface area contributed by atoms with Gasteiger partial charge in [0.25, 0.3) is 0 Å². The Labute approximate surface area is 200 Å². The lowest BCUT2D eigenvalue weighted by Crippen LogP contribution is -2.50. The van der Waals surface area contributed by atoms with Crippen LogP contribution in [0.5, 0.6) is 0 Å². The third-order valence-corrected chi connectivity index (χ3v) is 11.1. The molecule has 1 nitrogen and oxygen atoms in total. The Hall–Kier alpha value is -0.300. The van der Waals surface area contributed by atoms with Crippen molar-refractivity contribution < 1.29 is 4.74 Å². The number of rotatable bonds is 9. The molecule has 0 aromatic rings. The lowest BCUT2D eigenvalue weighted by atomic mass is 9.46. The van der Waals surface area contributed by atoms with Gasteiger partial charge in [-0.25, -0.2) is 0 Å². The van der Waals surface area contributed by atoms with Crippen LogP contribution in [-0.2, 0) is 4.74 Å². The summed E-state index contributed by atoms with van der Waals surface area (Å²) < 4.78 is 5.67. The van der Waals surface area contributed by atoms with Gasteiger partial charge in [-0.3, -0.25) is 0 Å². The fourth-order valence-corrected chi connectivity index (χ4v) is 9.17. The molecule has 0 unspecified atom stereocenters. The number of allylic oxidation sites excluding steroid dienone is 2. The molecule has 1 heteroatoms. The first-order chi connectivity index (χ1) is 15.3. The van der Waals surface area contributed by atoms with Crippen LogP contribution in [0.15, 0.2) is 11.6 Å². The molecule has 0 spiro atoms. The lowest BCUT2D eigenvalue weighted by molar-refractivity contribution is -0.0494. The van der Waals surface area contributed by atoms with Crippen molar-refractivity contribution in [2.24, 2.45) is 46.3 Å². The molecule has 3 saturated carbocycles. The number of hydrogen-bond acceptors (Lipinski definition) is 1. The Kier molecular flexibility index (Phi) is 7.86. The van der Waals surface area contributed by atoms with Crippen LogP contribution in [0, 0.1) is 52.3 Å². The highest BCUT2D eigenvalue weighted by molar-refractivity contribution is 5.29. The Morgan fingerprint density at radius 1 is 1.03 bits per heavy atom. The van der Waals surface area contributed by atoms with Gasteiger partial charge in [0.05, 0.1) is 0 Å². The average molecular weight is 442 g/mol. The summed E-state index contributed by atoms with van der Waals surface area (Å²) in [6, 6.07) is 0. The molecule has 0 aliphatic heterocycles. The molecule has 0 saturated heterocycles. The lowest BCUT2D eigenvalue weighted by Gasteiger charge is -2.58. The molecule has 0 bridgehead atoms. The molecule has 4 aliphatic rings. The fourth-order valence-electron chi connectivity index (χ4n) is 9.17. The highest BCUT2D eigenvalue weighted by atomic mass is 16.5. The molecule has 0 aromatic carbocycles. The summed E-state index contributed by atoms with van der Waals surface area (Å²) in [6.45, 7) is 16.7. The largest absolute Gasteiger partial charge is 0.382 e. The minimum absolute atomic E-state index is 0.486. The highest BCUT2D eigenvalue weighted by Crippen LogP contribution is 2.67. The van der Waals surface area contributed by atoms with Crippen LogP contribution in [0.3, 0.4) is 0 Å². The van der Waals surface area contributed by atoms with Gasteiger partial charge in [-0.15, -0.1) is 0 Å². The standard InChI is InChI=1S/C31H53O/c1-7-32-20-17-24-15-18-30(5)25(21-24)11-12-26-28-14-13-27(23(4)10-8-9-22(2)3)31(28,6)19-16-29(26)30/h11,22-23,26-29H,7-10,12-21H2,1-6H3/t23-,26+,27-,28+,29+,30+,31-/m1/s1. The van der Waals surface area contributed by atoms with E-state index >= 15 is 0 Å². The fraction of sp³-hybridized carbons (Fsp3) is 0.903. The van der Waals surface area contributed by atoms with Crippen LogP contribution in [0.25, 0.3) is 0 Å². The van der Waals surface area contributed by atoms with Gasteiger partial charge in [0.2, 0.25) is 0 Å². The average Bonchev–Trinajstić information content (AvgIpc) is 3.11. The predicted molar refractivity (Wildman–Crippen MR) is 137 cm³/mol. The first-order valence-corrected chi connectivity index (χ1v) is 14.4. The molecule has 4 aliphatic carbocycles. The zero-order valence-corrected chi connectivity index (χ0v) is 22.3. The SMILES string of the molecule is CCOCC[C]1CC[C@@]2(C)C(=CC[C@H]3[C@@H]4CC[C@H]([C@H](C)CCCC(C)C)[C@@]4(C)CC[C@@H]32)C1. The van der Waals surface area contributed by atoms with Crippen molar-refractivity contribution in [2.75, 3.05) is 13.2 Å². The molecule has 0 N–H and O–H groups in total. The maximum atomic E-state index is 5.67. The van der Waals surface area contributed by atoms with E-state index in [0.717, 1.165) is 48.7 Å². The Bertz CT molecular complexity index is 649. The van der Waals surface area contributed by atoms with Crippen molar-refractivity contribution in [3.63, 3.8) is 0 Å². The smallest absolute Gasteiger partial charge is 0.0471 e. The molecule has 0 amide bonds. The molecule has 1 radical (unpaired) electrons. The first-order valence-electron chi connectivity index (χ1n) is 14.4. The predicted octanol–water partition coefficient (Wildman–Crippen LogP) is 9.03. The van der Waals surface area contributed by atoms with Crippen molar-refractivity contribution in [1.82, 2.24) is 0 Å². The second kappa shape index (κ2) is 10.1. The van der Waals surface area contributed by atoms with Crippen molar-refractivity contribution in [1.29, 1.82) is 0 Å². The summed E-state index contributed by atoms with van der Waals surface area (Å²) in [5, 5.41) is 0.